The molecule has 0 radical (unpaired) electrons. The van der Waals surface area contributed by atoms with Crippen molar-refractivity contribution < 1.29 is 14.7 Å². The number of oxime groups is 1. The van der Waals surface area contributed by atoms with Crippen LogP contribution in [0.25, 0.3) is 0 Å². The maximum Gasteiger partial charge on any atom is 0.410 e. The summed E-state index contributed by atoms with van der Waals surface area (Å²) in [5, 5.41) is 11.8. The Morgan fingerprint density at radius 1 is 1.43 bits per heavy atom. The van der Waals surface area contributed by atoms with Crippen molar-refractivity contribution in [1.82, 2.24) is 4.90 Å². The van der Waals surface area contributed by atoms with Gasteiger partial charge in [0.15, 0.2) is 0 Å². The summed E-state index contributed by atoms with van der Waals surface area (Å²) in [7, 11) is 1.78. The van der Waals surface area contributed by atoms with Crippen molar-refractivity contribution in [2.45, 2.75) is 65.5 Å². The number of carbonyl (C=O) groups is 1. The van der Waals surface area contributed by atoms with Crippen molar-refractivity contribution in [1.29, 1.82) is 0 Å². The molecule has 1 amide bonds. The lowest BCUT2D eigenvalue weighted by Crippen LogP contribution is -2.47. The van der Waals surface area contributed by atoms with Crippen molar-refractivity contribution in [3.05, 3.63) is 0 Å². The van der Waals surface area contributed by atoms with Crippen LogP contribution < -0.4 is 5.73 Å². The summed E-state index contributed by atoms with van der Waals surface area (Å²) >= 11 is 0. The summed E-state index contributed by atoms with van der Waals surface area (Å²) in [5.41, 5.74) is 5.02. The van der Waals surface area contributed by atoms with E-state index in [1.807, 2.05) is 20.8 Å². The monoisotopic (exact) mass is 299 g/mol. The van der Waals surface area contributed by atoms with Gasteiger partial charge in [-0.25, -0.2) is 4.79 Å². The fourth-order valence-electron chi connectivity index (χ4n) is 3.19. The second-order valence-corrected chi connectivity index (χ2v) is 7.50. The zero-order valence-electron chi connectivity index (χ0n) is 14.0. The molecule has 0 aromatic heterocycles. The Balaban J connectivity index is 2.78. The number of amides is 1. The summed E-state index contributed by atoms with van der Waals surface area (Å²) in [6, 6.07) is 0.0869. The molecule has 0 aliphatic heterocycles. The summed E-state index contributed by atoms with van der Waals surface area (Å²) in [5.74, 6) is 0.525. The highest BCUT2D eigenvalue weighted by Crippen LogP contribution is 2.47. The molecule has 0 aromatic carbocycles. The first-order chi connectivity index (χ1) is 9.49. The van der Waals surface area contributed by atoms with Crippen molar-refractivity contribution in [3.63, 3.8) is 0 Å². The van der Waals surface area contributed by atoms with E-state index in [9.17, 15) is 4.79 Å². The zero-order valence-corrected chi connectivity index (χ0v) is 14.0. The van der Waals surface area contributed by atoms with Crippen LogP contribution in [0.5, 0.6) is 0 Å². The average Bonchev–Trinajstić information content (AvgIpc) is 2.61. The topological polar surface area (TPSA) is 88.2 Å². The van der Waals surface area contributed by atoms with E-state index in [0.29, 0.717) is 6.42 Å². The van der Waals surface area contributed by atoms with E-state index in [0.717, 1.165) is 12.8 Å². The number of hydrogen-bond acceptors (Lipinski definition) is 4. The molecule has 2 atom stereocenters. The Bertz CT molecular complexity index is 413. The molecule has 0 bridgehead atoms. The van der Waals surface area contributed by atoms with Gasteiger partial charge in [-0.3, -0.25) is 0 Å². The minimum Gasteiger partial charge on any atom is -0.444 e. The average molecular weight is 299 g/mol. The molecule has 0 heterocycles. The van der Waals surface area contributed by atoms with Crippen LogP contribution in [0.2, 0.25) is 0 Å². The molecule has 21 heavy (non-hydrogen) atoms. The summed E-state index contributed by atoms with van der Waals surface area (Å²) in [6.07, 6.45) is 2.08. The molecule has 122 valence electrons. The predicted molar refractivity (Wildman–Crippen MR) is 82.3 cm³/mol. The van der Waals surface area contributed by atoms with Crippen molar-refractivity contribution in [2.24, 2.45) is 22.2 Å². The fraction of sp³-hybridized carbons (Fsp3) is 0.867. The zero-order chi connectivity index (χ0) is 16.4. The van der Waals surface area contributed by atoms with E-state index in [4.69, 9.17) is 15.7 Å². The third-order valence-electron chi connectivity index (χ3n) is 4.43. The molecule has 1 aliphatic carbocycles. The van der Waals surface area contributed by atoms with Gasteiger partial charge in [0.25, 0.3) is 0 Å². The van der Waals surface area contributed by atoms with Crippen LogP contribution in [0.1, 0.15) is 53.9 Å². The van der Waals surface area contributed by atoms with Gasteiger partial charge in [0.1, 0.15) is 11.4 Å². The van der Waals surface area contributed by atoms with Gasteiger partial charge < -0.3 is 20.6 Å². The second-order valence-electron chi connectivity index (χ2n) is 7.50. The van der Waals surface area contributed by atoms with Gasteiger partial charge in [-0.1, -0.05) is 19.0 Å². The van der Waals surface area contributed by atoms with Crippen LogP contribution in [0.15, 0.2) is 5.16 Å². The molecule has 1 fully saturated rings. The highest BCUT2D eigenvalue weighted by atomic mass is 16.6. The lowest BCUT2D eigenvalue weighted by atomic mass is 9.77. The second kappa shape index (κ2) is 6.12. The van der Waals surface area contributed by atoms with Gasteiger partial charge in [0.2, 0.25) is 0 Å². The number of hydrogen-bond donors (Lipinski definition) is 2. The van der Waals surface area contributed by atoms with E-state index < -0.39 is 5.60 Å². The molecular formula is C15H29N3O3. The number of carbonyl (C=O) groups excluding carboxylic acids is 1. The lowest BCUT2D eigenvalue weighted by Gasteiger charge is -2.38. The first-order valence-corrected chi connectivity index (χ1v) is 7.41. The lowest BCUT2D eigenvalue weighted by molar-refractivity contribution is 0.00937. The van der Waals surface area contributed by atoms with Gasteiger partial charge in [0.05, 0.1) is 0 Å². The van der Waals surface area contributed by atoms with Gasteiger partial charge in [-0.2, -0.15) is 0 Å². The molecule has 1 rings (SSSR count). The van der Waals surface area contributed by atoms with Crippen molar-refractivity contribution in [3.8, 4) is 0 Å². The largest absolute Gasteiger partial charge is 0.444 e. The standard InChI is InChI=1S/C15H29N3O3/c1-14(2,3)21-13(19)18(6)11-8-7-10(15(11,4)5)9-12(16)17-20/h10-11,20H,7-9H2,1-6H3,(H2,16,17)/t10-,11-/m1/s1. The minimum atomic E-state index is -0.499. The molecule has 1 saturated carbocycles. The molecule has 0 aromatic rings. The first-order valence-electron chi connectivity index (χ1n) is 7.41. The number of rotatable bonds is 3. The maximum atomic E-state index is 12.2. The summed E-state index contributed by atoms with van der Waals surface area (Å²) in [6.45, 7) is 9.83. The third kappa shape index (κ3) is 4.25. The molecule has 0 saturated heterocycles. The molecular weight excluding hydrogens is 270 g/mol. The summed E-state index contributed by atoms with van der Waals surface area (Å²) < 4.78 is 5.44. The number of nitrogens with zero attached hydrogens (tertiary/aromatic N) is 2. The van der Waals surface area contributed by atoms with Gasteiger partial charge in [-0.05, 0) is 44.9 Å². The highest BCUT2D eigenvalue weighted by molar-refractivity contribution is 5.80. The van der Waals surface area contributed by atoms with Crippen molar-refractivity contribution >= 4 is 11.9 Å². The number of ether oxygens (including phenoxy) is 1. The Labute approximate surface area is 127 Å². The van der Waals surface area contributed by atoms with Gasteiger partial charge in [0, 0.05) is 19.5 Å². The minimum absolute atomic E-state index is 0.0869. The van der Waals surface area contributed by atoms with E-state index >= 15 is 0 Å². The van der Waals surface area contributed by atoms with E-state index in [1.54, 1.807) is 11.9 Å². The van der Waals surface area contributed by atoms with Crippen LogP contribution >= 0.6 is 0 Å². The molecule has 1 aliphatic rings. The SMILES string of the molecule is CN(C(=O)OC(C)(C)C)[C@@H]1CC[C@H](C/C(N)=N/O)C1(C)C. The van der Waals surface area contributed by atoms with Crippen LogP contribution in [-0.4, -0.2) is 40.7 Å². The molecule has 3 N–H and O–H groups in total. The Morgan fingerprint density at radius 2 is 2.00 bits per heavy atom. The first kappa shape index (κ1) is 17.6. The van der Waals surface area contributed by atoms with E-state index in [2.05, 4.69) is 19.0 Å². The molecule has 0 unspecified atom stereocenters. The number of nitrogens with two attached hydrogens (primary N) is 1. The molecule has 6 heteroatoms. The van der Waals surface area contributed by atoms with E-state index in [-0.39, 0.29) is 29.3 Å². The molecule has 6 nitrogen and oxygen atoms in total. The maximum absolute atomic E-state index is 12.2. The fourth-order valence-corrected chi connectivity index (χ4v) is 3.19. The van der Waals surface area contributed by atoms with Crippen LogP contribution in [0.4, 0.5) is 4.79 Å². The van der Waals surface area contributed by atoms with Crippen LogP contribution in [0.3, 0.4) is 0 Å². The van der Waals surface area contributed by atoms with Crippen LogP contribution in [-0.2, 0) is 4.74 Å². The smallest absolute Gasteiger partial charge is 0.410 e. The van der Waals surface area contributed by atoms with Crippen molar-refractivity contribution in [2.75, 3.05) is 7.05 Å². The quantitative estimate of drug-likeness (QED) is 0.363. The predicted octanol–water partition coefficient (Wildman–Crippen LogP) is 2.79. The number of amidine groups is 1. The van der Waals surface area contributed by atoms with E-state index in [1.165, 1.54) is 0 Å². The Morgan fingerprint density at radius 3 is 2.48 bits per heavy atom. The van der Waals surface area contributed by atoms with Crippen LogP contribution in [0, 0.1) is 11.3 Å². The Hall–Kier alpha value is -1.46. The van der Waals surface area contributed by atoms with Gasteiger partial charge in [-0.15, -0.1) is 0 Å². The normalized spacial score (nSPS) is 25.7. The Kier molecular flexibility index (Phi) is 5.12. The molecule has 0 spiro atoms. The highest BCUT2D eigenvalue weighted by Gasteiger charge is 2.46. The third-order valence-corrected chi connectivity index (χ3v) is 4.43. The summed E-state index contributed by atoms with van der Waals surface area (Å²) in [4.78, 5) is 13.9. The van der Waals surface area contributed by atoms with Gasteiger partial charge >= 0.3 is 6.09 Å².